The minimum absolute atomic E-state index is 0.155. The Bertz CT molecular complexity index is 710. The smallest absolute Gasteiger partial charge is 0.404 e. The monoisotopic (exact) mass is 330 g/mol. The fourth-order valence-electron chi connectivity index (χ4n) is 2.66. The van der Waals surface area contributed by atoms with Crippen LogP contribution in [0.1, 0.15) is 33.6 Å². The number of hydrogen-bond donors (Lipinski definition) is 3. The fraction of sp³-hybridized carbons (Fsp3) is 0.444. The molecule has 1 atom stereocenters. The van der Waals surface area contributed by atoms with Crippen LogP contribution in [-0.4, -0.2) is 23.7 Å². The van der Waals surface area contributed by atoms with E-state index in [1.807, 2.05) is 45.0 Å². The van der Waals surface area contributed by atoms with Crippen molar-refractivity contribution in [2.24, 2.45) is 11.1 Å². The molecule has 24 heavy (non-hydrogen) atoms. The molecule has 5 N–H and O–H groups in total. The molecule has 0 aliphatic rings. The van der Waals surface area contributed by atoms with Crippen LogP contribution < -0.4 is 16.8 Å². The minimum Gasteiger partial charge on any atom is -0.446 e. The number of aromatic nitrogens is 1. The molecule has 0 saturated carbocycles. The number of fused-ring (bicyclic) bond motifs is 1. The zero-order valence-corrected chi connectivity index (χ0v) is 14.5. The zero-order chi connectivity index (χ0) is 17.7. The second-order valence-corrected chi connectivity index (χ2v) is 6.97. The first kappa shape index (κ1) is 17.8. The van der Waals surface area contributed by atoms with Crippen LogP contribution in [0.4, 0.5) is 16.2 Å². The van der Waals surface area contributed by atoms with Gasteiger partial charge in [0.25, 0.3) is 0 Å². The fourth-order valence-corrected chi connectivity index (χ4v) is 2.66. The Hall–Kier alpha value is -2.50. The highest BCUT2D eigenvalue weighted by atomic mass is 16.6. The molecule has 0 saturated heterocycles. The van der Waals surface area contributed by atoms with Crippen LogP contribution in [0.3, 0.4) is 0 Å². The first-order valence-electron chi connectivity index (χ1n) is 8.12. The van der Waals surface area contributed by atoms with Crippen molar-refractivity contribution in [2.75, 3.05) is 17.6 Å². The number of nitrogens with zero attached hydrogens (tertiary/aromatic N) is 1. The largest absolute Gasteiger partial charge is 0.446 e. The van der Waals surface area contributed by atoms with Crippen LogP contribution in [0.5, 0.6) is 0 Å². The molecular weight excluding hydrogens is 304 g/mol. The number of pyridine rings is 1. The summed E-state index contributed by atoms with van der Waals surface area (Å²) in [5.41, 5.74) is 13.5. The second-order valence-electron chi connectivity index (χ2n) is 6.97. The van der Waals surface area contributed by atoms with E-state index in [1.54, 1.807) is 6.20 Å². The van der Waals surface area contributed by atoms with Crippen LogP contribution in [0.2, 0.25) is 0 Å². The van der Waals surface area contributed by atoms with E-state index in [9.17, 15) is 4.79 Å². The van der Waals surface area contributed by atoms with Gasteiger partial charge in [-0.15, -0.1) is 0 Å². The maximum Gasteiger partial charge on any atom is 0.404 e. The Balaban J connectivity index is 1.99. The van der Waals surface area contributed by atoms with Crippen molar-refractivity contribution < 1.29 is 9.53 Å². The van der Waals surface area contributed by atoms with Crippen LogP contribution in [0, 0.1) is 5.41 Å². The van der Waals surface area contributed by atoms with Crippen molar-refractivity contribution in [3.8, 4) is 0 Å². The van der Waals surface area contributed by atoms with Crippen molar-refractivity contribution in [1.82, 2.24) is 4.98 Å². The summed E-state index contributed by atoms with van der Waals surface area (Å²) in [4.78, 5) is 15.4. The molecule has 2 aromatic rings. The molecule has 130 valence electrons. The lowest BCUT2D eigenvalue weighted by Gasteiger charge is -2.29. The number of anilines is 2. The molecule has 1 aromatic carbocycles. The SMILES string of the molecule is CC(C)(C)C(CCCNc1c(N)cnc2ccccc12)OC(N)=O. The van der Waals surface area contributed by atoms with Gasteiger partial charge in [-0.1, -0.05) is 39.0 Å². The number of primary amides is 1. The third kappa shape index (κ3) is 4.50. The van der Waals surface area contributed by atoms with Gasteiger partial charge in [0.05, 0.1) is 23.1 Å². The van der Waals surface area contributed by atoms with E-state index in [0.29, 0.717) is 12.2 Å². The number of benzene rings is 1. The average molecular weight is 330 g/mol. The summed E-state index contributed by atoms with van der Waals surface area (Å²) < 4.78 is 5.24. The summed E-state index contributed by atoms with van der Waals surface area (Å²) in [5.74, 6) is 0. The van der Waals surface area contributed by atoms with Gasteiger partial charge >= 0.3 is 6.09 Å². The van der Waals surface area contributed by atoms with E-state index in [4.69, 9.17) is 16.2 Å². The lowest BCUT2D eigenvalue weighted by molar-refractivity contribution is 0.0308. The Morgan fingerprint density at radius 2 is 2.04 bits per heavy atom. The first-order valence-corrected chi connectivity index (χ1v) is 8.12. The molecular formula is C18H26N4O2. The standard InChI is InChI=1S/C18H26N4O2/c1-18(2,3)15(24-17(20)23)9-6-10-21-16-12-7-4-5-8-14(12)22-11-13(16)19/h4-5,7-8,11,15H,6,9-10,19H2,1-3H3,(H2,20,23)(H,21,22). The molecule has 1 amide bonds. The predicted octanol–water partition coefficient (Wildman–Crippen LogP) is 3.52. The first-order chi connectivity index (χ1) is 11.3. The summed E-state index contributed by atoms with van der Waals surface area (Å²) >= 11 is 0. The number of carbonyl (C=O) groups is 1. The van der Waals surface area contributed by atoms with Crippen molar-refractivity contribution in [3.05, 3.63) is 30.5 Å². The molecule has 6 heteroatoms. The topological polar surface area (TPSA) is 103 Å². The summed E-state index contributed by atoms with van der Waals surface area (Å²) in [6.45, 7) is 6.81. The molecule has 0 aliphatic heterocycles. The molecule has 1 aromatic heterocycles. The van der Waals surface area contributed by atoms with Gasteiger partial charge in [-0.25, -0.2) is 4.79 Å². The third-order valence-electron chi connectivity index (χ3n) is 3.97. The highest BCUT2D eigenvalue weighted by Crippen LogP contribution is 2.29. The molecule has 0 spiro atoms. The maximum atomic E-state index is 11.1. The van der Waals surface area contributed by atoms with E-state index in [2.05, 4.69) is 10.3 Å². The van der Waals surface area contributed by atoms with Gasteiger partial charge in [-0.3, -0.25) is 4.98 Å². The number of ether oxygens (including phenoxy) is 1. The number of nitrogen functional groups attached to an aromatic ring is 1. The Kier molecular flexibility index (Phi) is 5.49. The summed E-state index contributed by atoms with van der Waals surface area (Å²) in [6.07, 6.45) is 2.27. The third-order valence-corrected chi connectivity index (χ3v) is 3.97. The number of carbonyl (C=O) groups excluding carboxylic acids is 1. The van der Waals surface area contributed by atoms with Gasteiger partial charge < -0.3 is 21.5 Å². The highest BCUT2D eigenvalue weighted by molar-refractivity contribution is 5.96. The molecule has 0 fully saturated rings. The van der Waals surface area contributed by atoms with Crippen molar-refractivity contribution in [1.29, 1.82) is 0 Å². The second kappa shape index (κ2) is 7.38. The molecule has 1 heterocycles. The van der Waals surface area contributed by atoms with Crippen molar-refractivity contribution in [2.45, 2.75) is 39.7 Å². The van der Waals surface area contributed by atoms with E-state index in [1.165, 1.54) is 0 Å². The zero-order valence-electron chi connectivity index (χ0n) is 14.5. The Morgan fingerprint density at radius 1 is 1.33 bits per heavy atom. The van der Waals surface area contributed by atoms with Gasteiger partial charge in [0.1, 0.15) is 6.10 Å². The quantitative estimate of drug-likeness (QED) is 0.703. The molecule has 0 bridgehead atoms. The maximum absolute atomic E-state index is 11.1. The van der Waals surface area contributed by atoms with Crippen LogP contribution in [0.15, 0.2) is 30.5 Å². The van der Waals surface area contributed by atoms with Crippen LogP contribution >= 0.6 is 0 Å². The van der Waals surface area contributed by atoms with E-state index < -0.39 is 6.09 Å². The van der Waals surface area contributed by atoms with Crippen LogP contribution in [0.25, 0.3) is 10.9 Å². The van der Waals surface area contributed by atoms with Gasteiger partial charge in [0.15, 0.2) is 0 Å². The van der Waals surface area contributed by atoms with E-state index in [0.717, 1.165) is 29.4 Å². The number of nitrogens with two attached hydrogens (primary N) is 2. The lowest BCUT2D eigenvalue weighted by Crippen LogP contribution is -2.34. The number of para-hydroxylation sites is 1. The van der Waals surface area contributed by atoms with Crippen LogP contribution in [-0.2, 0) is 4.74 Å². The number of hydrogen-bond acceptors (Lipinski definition) is 5. The Labute approximate surface area is 142 Å². The summed E-state index contributed by atoms with van der Waals surface area (Å²) in [6, 6.07) is 7.86. The molecule has 0 radical (unpaired) electrons. The minimum atomic E-state index is -0.729. The number of rotatable bonds is 6. The van der Waals surface area contributed by atoms with Crippen molar-refractivity contribution in [3.63, 3.8) is 0 Å². The van der Waals surface area contributed by atoms with Gasteiger partial charge in [0, 0.05) is 11.9 Å². The summed E-state index contributed by atoms with van der Waals surface area (Å²) in [7, 11) is 0. The Morgan fingerprint density at radius 3 is 2.71 bits per heavy atom. The summed E-state index contributed by atoms with van der Waals surface area (Å²) in [5, 5.41) is 4.38. The van der Waals surface area contributed by atoms with Gasteiger partial charge in [0.2, 0.25) is 0 Å². The lowest BCUT2D eigenvalue weighted by atomic mass is 9.86. The van der Waals surface area contributed by atoms with Gasteiger partial charge in [-0.05, 0) is 24.3 Å². The van der Waals surface area contributed by atoms with Crippen molar-refractivity contribution >= 4 is 28.4 Å². The molecule has 2 rings (SSSR count). The highest BCUT2D eigenvalue weighted by Gasteiger charge is 2.27. The normalized spacial score (nSPS) is 12.8. The van der Waals surface area contributed by atoms with E-state index >= 15 is 0 Å². The molecule has 1 unspecified atom stereocenters. The predicted molar refractivity (Wildman–Crippen MR) is 97.8 cm³/mol. The number of amides is 1. The van der Waals surface area contributed by atoms with E-state index in [-0.39, 0.29) is 11.5 Å². The average Bonchev–Trinajstić information content (AvgIpc) is 2.50. The van der Waals surface area contributed by atoms with Gasteiger partial charge in [-0.2, -0.15) is 0 Å². The molecule has 6 nitrogen and oxygen atoms in total. The number of nitrogens with one attached hydrogen (secondary N) is 1. The molecule has 0 aliphatic carbocycles.